The van der Waals surface area contributed by atoms with E-state index in [9.17, 15) is 9.59 Å². The predicted octanol–water partition coefficient (Wildman–Crippen LogP) is 3.65. The molecule has 3 amide bonds. The summed E-state index contributed by atoms with van der Waals surface area (Å²) in [7, 11) is 0. The average Bonchev–Trinajstić information content (AvgIpc) is 3.11. The molecule has 1 aliphatic heterocycles. The quantitative estimate of drug-likeness (QED) is 0.678. The van der Waals surface area contributed by atoms with Gasteiger partial charge in [0.1, 0.15) is 17.1 Å². The summed E-state index contributed by atoms with van der Waals surface area (Å²) in [5.74, 6) is 0.699. The Labute approximate surface area is 144 Å². The van der Waals surface area contributed by atoms with Crippen LogP contribution < -0.4 is 5.32 Å². The van der Waals surface area contributed by atoms with E-state index in [-0.39, 0.29) is 5.91 Å². The standard InChI is InChI=1S/C17H16ClN3O3/c1-3-17(2)15(22)21(16(23)20-17)19-10-13-8-9-14(24-13)11-4-6-12(18)7-5-11/h4-10H,3H2,1-2H3,(H,20,23). The van der Waals surface area contributed by atoms with E-state index in [0.717, 1.165) is 10.6 Å². The van der Waals surface area contributed by atoms with Gasteiger partial charge in [0.25, 0.3) is 5.91 Å². The molecule has 1 aliphatic rings. The van der Waals surface area contributed by atoms with Crippen LogP contribution in [0.3, 0.4) is 0 Å². The number of hydrogen-bond acceptors (Lipinski definition) is 4. The van der Waals surface area contributed by atoms with Crippen LogP contribution in [0.25, 0.3) is 11.3 Å². The Hall–Kier alpha value is -2.60. The first-order chi connectivity index (χ1) is 11.4. The molecule has 24 heavy (non-hydrogen) atoms. The minimum absolute atomic E-state index is 0.379. The molecule has 1 saturated heterocycles. The van der Waals surface area contributed by atoms with Gasteiger partial charge < -0.3 is 9.73 Å². The summed E-state index contributed by atoms with van der Waals surface area (Å²) < 4.78 is 5.66. The molecule has 1 unspecified atom stereocenters. The maximum absolute atomic E-state index is 12.2. The molecular weight excluding hydrogens is 330 g/mol. The normalized spacial score (nSPS) is 20.9. The van der Waals surface area contributed by atoms with Crippen LogP contribution >= 0.6 is 11.6 Å². The highest BCUT2D eigenvalue weighted by atomic mass is 35.5. The second kappa shape index (κ2) is 6.13. The molecule has 0 aliphatic carbocycles. The number of hydrazone groups is 1. The number of benzene rings is 1. The van der Waals surface area contributed by atoms with Crippen molar-refractivity contribution in [2.45, 2.75) is 25.8 Å². The van der Waals surface area contributed by atoms with Gasteiger partial charge in [-0.25, -0.2) is 4.79 Å². The minimum atomic E-state index is -0.911. The number of rotatable bonds is 4. The van der Waals surface area contributed by atoms with Gasteiger partial charge in [-0.1, -0.05) is 18.5 Å². The van der Waals surface area contributed by atoms with Crippen LogP contribution in [0.5, 0.6) is 0 Å². The first-order valence-electron chi connectivity index (χ1n) is 7.49. The summed E-state index contributed by atoms with van der Waals surface area (Å²) in [6.45, 7) is 3.50. The molecule has 0 bridgehead atoms. The van der Waals surface area contributed by atoms with E-state index < -0.39 is 11.6 Å². The van der Waals surface area contributed by atoms with Crippen LogP contribution in [0.4, 0.5) is 4.79 Å². The molecule has 1 atom stereocenters. The predicted molar refractivity (Wildman–Crippen MR) is 90.8 cm³/mol. The van der Waals surface area contributed by atoms with Gasteiger partial charge in [-0.05, 0) is 49.7 Å². The molecule has 1 fully saturated rings. The van der Waals surface area contributed by atoms with Gasteiger partial charge in [0.2, 0.25) is 0 Å². The summed E-state index contributed by atoms with van der Waals surface area (Å²) >= 11 is 5.86. The van der Waals surface area contributed by atoms with Gasteiger partial charge in [0.15, 0.2) is 0 Å². The molecule has 1 aromatic carbocycles. The van der Waals surface area contributed by atoms with Crippen molar-refractivity contribution in [3.8, 4) is 11.3 Å². The van der Waals surface area contributed by atoms with Gasteiger partial charge >= 0.3 is 6.03 Å². The topological polar surface area (TPSA) is 74.9 Å². The Morgan fingerprint density at radius 3 is 2.58 bits per heavy atom. The van der Waals surface area contributed by atoms with E-state index in [1.807, 2.05) is 19.1 Å². The third-order valence-electron chi connectivity index (χ3n) is 4.00. The summed E-state index contributed by atoms with van der Waals surface area (Å²) in [4.78, 5) is 24.1. The second-order valence-corrected chi connectivity index (χ2v) is 6.12. The lowest BCUT2D eigenvalue weighted by atomic mass is 10.00. The number of urea groups is 1. The first-order valence-corrected chi connectivity index (χ1v) is 7.87. The van der Waals surface area contributed by atoms with Crippen molar-refractivity contribution < 1.29 is 14.0 Å². The monoisotopic (exact) mass is 345 g/mol. The number of carbonyl (C=O) groups excluding carboxylic acids is 2. The number of halogens is 1. The number of amides is 3. The number of nitrogens with zero attached hydrogens (tertiary/aromatic N) is 2. The fourth-order valence-corrected chi connectivity index (χ4v) is 2.45. The second-order valence-electron chi connectivity index (χ2n) is 5.69. The fraction of sp³-hybridized carbons (Fsp3) is 0.235. The Balaban J connectivity index is 1.77. The van der Waals surface area contributed by atoms with Crippen molar-refractivity contribution in [3.63, 3.8) is 0 Å². The van der Waals surface area contributed by atoms with Gasteiger partial charge in [-0.2, -0.15) is 5.10 Å². The molecule has 2 heterocycles. The molecule has 3 rings (SSSR count). The van der Waals surface area contributed by atoms with Crippen LogP contribution in [0, 0.1) is 0 Å². The summed E-state index contributed by atoms with van der Waals surface area (Å²) in [6, 6.07) is 10.2. The highest BCUT2D eigenvalue weighted by molar-refractivity contribution is 6.30. The van der Waals surface area contributed by atoms with E-state index in [1.54, 1.807) is 31.2 Å². The number of nitrogens with one attached hydrogen (secondary N) is 1. The number of carbonyl (C=O) groups is 2. The molecule has 1 N–H and O–H groups in total. The smallest absolute Gasteiger partial charge is 0.346 e. The van der Waals surface area contributed by atoms with Crippen molar-refractivity contribution in [2.75, 3.05) is 0 Å². The SMILES string of the molecule is CCC1(C)NC(=O)N(N=Cc2ccc(-c3ccc(Cl)cc3)o2)C1=O. The minimum Gasteiger partial charge on any atom is -0.455 e. The molecule has 6 nitrogen and oxygen atoms in total. The zero-order chi connectivity index (χ0) is 17.3. The van der Waals surface area contributed by atoms with Gasteiger partial charge in [-0.3, -0.25) is 4.79 Å². The Morgan fingerprint density at radius 2 is 1.96 bits per heavy atom. The van der Waals surface area contributed by atoms with Crippen LogP contribution in [0.15, 0.2) is 45.9 Å². The summed E-state index contributed by atoms with van der Waals surface area (Å²) in [5.41, 5.74) is -0.0425. The van der Waals surface area contributed by atoms with E-state index in [1.165, 1.54) is 6.21 Å². The van der Waals surface area contributed by atoms with E-state index in [2.05, 4.69) is 10.4 Å². The lowest BCUT2D eigenvalue weighted by Crippen LogP contribution is -2.42. The van der Waals surface area contributed by atoms with Gasteiger partial charge in [0.05, 0.1) is 6.21 Å². The van der Waals surface area contributed by atoms with Crippen LogP contribution in [-0.4, -0.2) is 28.7 Å². The first kappa shape index (κ1) is 16.3. The molecule has 7 heteroatoms. The molecule has 124 valence electrons. The van der Waals surface area contributed by atoms with Crippen molar-refractivity contribution in [1.82, 2.24) is 10.3 Å². The third-order valence-corrected chi connectivity index (χ3v) is 4.25. The molecule has 0 radical (unpaired) electrons. The zero-order valence-electron chi connectivity index (χ0n) is 13.2. The van der Waals surface area contributed by atoms with Crippen molar-refractivity contribution in [3.05, 3.63) is 47.2 Å². The number of furan rings is 1. The fourth-order valence-electron chi connectivity index (χ4n) is 2.32. The largest absolute Gasteiger partial charge is 0.455 e. The maximum atomic E-state index is 12.2. The number of hydrogen-bond donors (Lipinski definition) is 1. The Morgan fingerprint density at radius 1 is 1.25 bits per heavy atom. The van der Waals surface area contributed by atoms with Gasteiger partial charge in [0, 0.05) is 10.6 Å². The lowest BCUT2D eigenvalue weighted by molar-refractivity contribution is -0.130. The van der Waals surface area contributed by atoms with Crippen LogP contribution in [-0.2, 0) is 4.79 Å². The molecule has 0 spiro atoms. The molecule has 0 saturated carbocycles. The van der Waals surface area contributed by atoms with Crippen LogP contribution in [0.1, 0.15) is 26.0 Å². The molecule has 1 aromatic heterocycles. The maximum Gasteiger partial charge on any atom is 0.346 e. The molecule has 2 aromatic rings. The highest BCUT2D eigenvalue weighted by Crippen LogP contribution is 2.24. The van der Waals surface area contributed by atoms with Crippen molar-refractivity contribution in [2.24, 2.45) is 5.10 Å². The van der Waals surface area contributed by atoms with E-state index in [4.69, 9.17) is 16.0 Å². The Kier molecular flexibility index (Phi) is 4.15. The van der Waals surface area contributed by atoms with Crippen molar-refractivity contribution >= 4 is 29.8 Å². The lowest BCUT2D eigenvalue weighted by Gasteiger charge is -2.17. The Bertz CT molecular complexity index is 813. The van der Waals surface area contributed by atoms with Gasteiger partial charge in [-0.15, -0.1) is 5.01 Å². The highest BCUT2D eigenvalue weighted by Gasteiger charge is 2.46. The van der Waals surface area contributed by atoms with E-state index in [0.29, 0.717) is 23.0 Å². The summed E-state index contributed by atoms with van der Waals surface area (Å²) in [5, 5.41) is 8.06. The van der Waals surface area contributed by atoms with Crippen molar-refractivity contribution in [1.29, 1.82) is 0 Å². The summed E-state index contributed by atoms with van der Waals surface area (Å²) in [6.07, 6.45) is 1.84. The molecular formula is C17H16ClN3O3. The average molecular weight is 346 g/mol. The van der Waals surface area contributed by atoms with Crippen LogP contribution in [0.2, 0.25) is 5.02 Å². The third kappa shape index (κ3) is 2.92. The number of imide groups is 1. The zero-order valence-corrected chi connectivity index (χ0v) is 14.0. The van der Waals surface area contributed by atoms with E-state index >= 15 is 0 Å².